The highest BCUT2D eigenvalue weighted by Crippen LogP contribution is 2.42. The number of fused-ring (bicyclic) bond motifs is 3. The number of aliphatic hydroxyl groups is 1. The van der Waals surface area contributed by atoms with E-state index in [-0.39, 0.29) is 18.1 Å². The molecular weight excluding hydrogens is 436 g/mol. The summed E-state index contributed by atoms with van der Waals surface area (Å²) >= 11 is 0. The van der Waals surface area contributed by atoms with Crippen LogP contribution in [-0.4, -0.2) is 84.3 Å². The van der Waals surface area contributed by atoms with Gasteiger partial charge in [0.2, 0.25) is 0 Å². The molecule has 1 aromatic carbocycles. The van der Waals surface area contributed by atoms with Gasteiger partial charge in [-0.1, -0.05) is 0 Å². The number of carbonyl (C=O) groups excluding carboxylic acids is 1. The number of anilines is 2. The van der Waals surface area contributed by atoms with Gasteiger partial charge in [-0.05, 0) is 43.5 Å². The standard InChI is InChI=1S/C24H30N6O4/c31-20-6-5-19-21-18(7-8-30(19)20)23(29-9-11-33-12-10-29)28-22(27-21)15-1-3-16(4-2-15)25-24(32)26-17-13-34-14-17/h1-4,17,19-20,31H,5-14H2,(H2,25,26,32). The smallest absolute Gasteiger partial charge is 0.319 e. The molecule has 10 heteroatoms. The maximum atomic E-state index is 12.1. The van der Waals surface area contributed by atoms with Crippen molar-refractivity contribution < 1.29 is 19.4 Å². The summed E-state index contributed by atoms with van der Waals surface area (Å²) in [7, 11) is 0. The van der Waals surface area contributed by atoms with Crippen LogP contribution in [0, 0.1) is 0 Å². The molecule has 180 valence electrons. The Balaban J connectivity index is 1.29. The van der Waals surface area contributed by atoms with Crippen molar-refractivity contribution in [3.8, 4) is 11.4 Å². The Morgan fingerprint density at radius 3 is 2.56 bits per heavy atom. The molecule has 10 nitrogen and oxygen atoms in total. The van der Waals surface area contributed by atoms with E-state index >= 15 is 0 Å². The summed E-state index contributed by atoms with van der Waals surface area (Å²) in [6.45, 7) is 4.95. The van der Waals surface area contributed by atoms with Crippen molar-refractivity contribution in [2.75, 3.05) is 56.3 Å². The van der Waals surface area contributed by atoms with Gasteiger partial charge >= 0.3 is 6.03 Å². The van der Waals surface area contributed by atoms with Crippen molar-refractivity contribution in [3.63, 3.8) is 0 Å². The molecule has 1 aromatic heterocycles. The lowest BCUT2D eigenvalue weighted by atomic mass is 9.97. The molecule has 2 unspecified atom stereocenters. The Morgan fingerprint density at radius 2 is 1.82 bits per heavy atom. The maximum Gasteiger partial charge on any atom is 0.319 e. The fourth-order valence-corrected chi connectivity index (χ4v) is 5.23. The van der Waals surface area contributed by atoms with Gasteiger partial charge in [-0.25, -0.2) is 14.8 Å². The van der Waals surface area contributed by atoms with Crippen LogP contribution in [0.15, 0.2) is 24.3 Å². The fourth-order valence-electron chi connectivity index (χ4n) is 5.23. The number of morpholine rings is 1. The zero-order chi connectivity index (χ0) is 23.1. The number of hydrogen-bond acceptors (Lipinski definition) is 8. The van der Waals surface area contributed by atoms with Crippen molar-refractivity contribution in [2.24, 2.45) is 0 Å². The SMILES string of the molecule is O=C(Nc1ccc(-c2nc3c(c(N4CCOCC4)n2)CCN2C(O)CCC32)cc1)NC1COC1. The van der Waals surface area contributed by atoms with Gasteiger partial charge in [0.05, 0.1) is 44.2 Å². The molecule has 2 amide bonds. The highest BCUT2D eigenvalue weighted by molar-refractivity contribution is 5.89. The lowest BCUT2D eigenvalue weighted by Gasteiger charge is -2.36. The van der Waals surface area contributed by atoms with Crippen LogP contribution in [0.3, 0.4) is 0 Å². The number of carbonyl (C=O) groups is 1. The molecule has 0 aliphatic carbocycles. The Hall–Kier alpha value is -2.79. The predicted molar refractivity (Wildman–Crippen MR) is 126 cm³/mol. The topological polar surface area (TPSA) is 112 Å². The number of benzene rings is 1. The van der Waals surface area contributed by atoms with Gasteiger partial charge in [0.25, 0.3) is 0 Å². The van der Waals surface area contributed by atoms with Crippen LogP contribution in [0.1, 0.15) is 30.1 Å². The summed E-state index contributed by atoms with van der Waals surface area (Å²) in [5.74, 6) is 1.67. The van der Waals surface area contributed by atoms with Crippen molar-refractivity contribution >= 4 is 17.5 Å². The second-order valence-corrected chi connectivity index (χ2v) is 9.31. The van der Waals surface area contributed by atoms with E-state index in [2.05, 4.69) is 20.4 Å². The lowest BCUT2D eigenvalue weighted by molar-refractivity contribution is 0.000735. The molecule has 0 bridgehead atoms. The molecule has 2 aromatic rings. The van der Waals surface area contributed by atoms with Crippen LogP contribution in [-0.2, 0) is 15.9 Å². The minimum atomic E-state index is -0.397. The highest BCUT2D eigenvalue weighted by Gasteiger charge is 2.40. The Kier molecular flexibility index (Phi) is 5.82. The van der Waals surface area contributed by atoms with Crippen LogP contribution in [0.5, 0.6) is 0 Å². The van der Waals surface area contributed by atoms with Gasteiger partial charge < -0.3 is 30.1 Å². The second kappa shape index (κ2) is 9.10. The Bertz CT molecular complexity index is 1040. The summed E-state index contributed by atoms with van der Waals surface area (Å²) in [5, 5.41) is 16.2. The molecule has 6 rings (SSSR count). The zero-order valence-corrected chi connectivity index (χ0v) is 19.1. The van der Waals surface area contributed by atoms with Gasteiger partial charge in [0.1, 0.15) is 12.0 Å². The fraction of sp³-hybridized carbons (Fsp3) is 0.542. The molecule has 3 fully saturated rings. The minimum Gasteiger partial charge on any atom is -0.378 e. The highest BCUT2D eigenvalue weighted by atomic mass is 16.5. The molecule has 3 N–H and O–H groups in total. The average Bonchev–Trinajstić information content (AvgIpc) is 3.23. The van der Waals surface area contributed by atoms with E-state index in [1.165, 1.54) is 5.56 Å². The second-order valence-electron chi connectivity index (χ2n) is 9.31. The number of urea groups is 1. The lowest BCUT2D eigenvalue weighted by Crippen LogP contribution is -2.49. The van der Waals surface area contributed by atoms with Crippen molar-refractivity contribution in [1.82, 2.24) is 20.2 Å². The third-order valence-electron chi connectivity index (χ3n) is 7.12. The molecule has 0 spiro atoms. The molecular formula is C24H30N6O4. The Morgan fingerprint density at radius 1 is 1.03 bits per heavy atom. The van der Waals surface area contributed by atoms with Gasteiger partial charge in [0.15, 0.2) is 5.82 Å². The predicted octanol–water partition coefficient (Wildman–Crippen LogP) is 1.51. The molecule has 34 heavy (non-hydrogen) atoms. The largest absolute Gasteiger partial charge is 0.378 e. The van der Waals surface area contributed by atoms with Crippen LogP contribution >= 0.6 is 0 Å². The average molecular weight is 467 g/mol. The number of amides is 2. The molecule has 0 radical (unpaired) electrons. The summed E-state index contributed by atoms with van der Waals surface area (Å²) in [4.78, 5) is 26.7. The maximum absolute atomic E-state index is 12.1. The zero-order valence-electron chi connectivity index (χ0n) is 19.1. The quantitative estimate of drug-likeness (QED) is 0.622. The monoisotopic (exact) mass is 466 g/mol. The number of hydrogen-bond donors (Lipinski definition) is 3. The summed E-state index contributed by atoms with van der Waals surface area (Å²) in [6, 6.07) is 7.59. The molecule has 5 heterocycles. The molecule has 4 aliphatic heterocycles. The number of nitrogens with zero attached hydrogens (tertiary/aromatic N) is 4. The van der Waals surface area contributed by atoms with E-state index in [1.54, 1.807) is 0 Å². The van der Waals surface area contributed by atoms with E-state index in [0.717, 1.165) is 56.0 Å². The van der Waals surface area contributed by atoms with E-state index < -0.39 is 6.23 Å². The summed E-state index contributed by atoms with van der Waals surface area (Å²) < 4.78 is 10.7. The van der Waals surface area contributed by atoms with Crippen molar-refractivity contribution in [2.45, 2.75) is 37.6 Å². The normalized spacial score (nSPS) is 24.8. The number of rotatable bonds is 4. The summed E-state index contributed by atoms with van der Waals surface area (Å²) in [5.41, 5.74) is 3.85. The van der Waals surface area contributed by atoms with Crippen LogP contribution in [0.2, 0.25) is 0 Å². The third kappa shape index (κ3) is 4.11. The third-order valence-corrected chi connectivity index (χ3v) is 7.12. The van der Waals surface area contributed by atoms with Crippen molar-refractivity contribution in [1.29, 1.82) is 0 Å². The van der Waals surface area contributed by atoms with Crippen LogP contribution in [0.25, 0.3) is 11.4 Å². The summed E-state index contributed by atoms with van der Waals surface area (Å²) in [6.07, 6.45) is 2.11. The number of nitrogens with one attached hydrogen (secondary N) is 2. The van der Waals surface area contributed by atoms with Gasteiger partial charge in [-0.15, -0.1) is 0 Å². The van der Waals surface area contributed by atoms with E-state index in [1.807, 2.05) is 24.3 Å². The first-order valence-electron chi connectivity index (χ1n) is 12.1. The first kappa shape index (κ1) is 21.7. The van der Waals surface area contributed by atoms with E-state index in [4.69, 9.17) is 19.4 Å². The molecule has 0 saturated carbocycles. The van der Waals surface area contributed by atoms with E-state index in [0.29, 0.717) is 37.9 Å². The number of aromatic nitrogens is 2. The molecule has 3 saturated heterocycles. The van der Waals surface area contributed by atoms with Gasteiger partial charge in [-0.2, -0.15) is 0 Å². The van der Waals surface area contributed by atoms with E-state index in [9.17, 15) is 9.90 Å². The minimum absolute atomic E-state index is 0.0791. The van der Waals surface area contributed by atoms with Crippen molar-refractivity contribution in [3.05, 3.63) is 35.5 Å². The molecule has 4 aliphatic rings. The van der Waals surface area contributed by atoms with Gasteiger partial charge in [0, 0.05) is 36.4 Å². The first-order chi connectivity index (χ1) is 16.7. The van der Waals surface area contributed by atoms with Gasteiger partial charge in [-0.3, -0.25) is 4.90 Å². The number of ether oxygens (including phenoxy) is 2. The Labute approximate surface area is 198 Å². The van der Waals surface area contributed by atoms with Crippen LogP contribution in [0.4, 0.5) is 16.3 Å². The first-order valence-corrected chi connectivity index (χ1v) is 12.1. The molecule has 2 atom stereocenters. The van der Waals surface area contributed by atoms with Crippen LogP contribution < -0.4 is 15.5 Å². The number of aliphatic hydroxyl groups excluding tert-OH is 1.